The number of fused-ring (bicyclic) bond motifs is 1. The molecule has 6 heteroatoms. The van der Waals surface area contributed by atoms with Gasteiger partial charge in [-0.1, -0.05) is 25.1 Å². The van der Waals surface area contributed by atoms with Gasteiger partial charge in [0.25, 0.3) is 5.91 Å². The lowest BCUT2D eigenvalue weighted by atomic mass is 10.2. The summed E-state index contributed by atoms with van der Waals surface area (Å²) in [7, 11) is 0. The zero-order valence-electron chi connectivity index (χ0n) is 14.6. The van der Waals surface area contributed by atoms with Crippen molar-refractivity contribution in [3.05, 3.63) is 47.7 Å². The molecule has 0 aliphatic carbocycles. The highest BCUT2D eigenvalue weighted by atomic mass is 16.2. The van der Waals surface area contributed by atoms with Crippen LogP contribution in [0.15, 0.2) is 36.4 Å². The van der Waals surface area contributed by atoms with E-state index in [1.807, 2.05) is 17.0 Å². The topological polar surface area (TPSA) is 52.6 Å². The Bertz CT molecular complexity index is 753. The molecular weight excluding hydrogens is 314 g/mol. The number of hydrogen-bond donors (Lipinski definition) is 0. The summed E-state index contributed by atoms with van der Waals surface area (Å²) in [6, 6.07) is 12.1. The fourth-order valence-corrected chi connectivity index (χ4v) is 3.59. The van der Waals surface area contributed by atoms with Gasteiger partial charge in [-0.05, 0) is 36.7 Å². The van der Waals surface area contributed by atoms with E-state index in [1.165, 1.54) is 11.3 Å². The predicted octanol–water partition coefficient (Wildman–Crippen LogP) is 1.95. The first kappa shape index (κ1) is 16.0. The minimum atomic E-state index is -0.0170. The van der Waals surface area contributed by atoms with Crippen LogP contribution >= 0.6 is 0 Å². The molecule has 6 nitrogen and oxygen atoms in total. The number of rotatable bonds is 3. The van der Waals surface area contributed by atoms with Crippen molar-refractivity contribution in [3.8, 4) is 0 Å². The van der Waals surface area contributed by atoms with Gasteiger partial charge in [0, 0.05) is 38.4 Å². The van der Waals surface area contributed by atoms with Crippen LogP contribution < -0.4 is 4.90 Å². The summed E-state index contributed by atoms with van der Waals surface area (Å²) in [5.41, 5.74) is 2.95. The zero-order chi connectivity index (χ0) is 17.2. The van der Waals surface area contributed by atoms with Crippen molar-refractivity contribution in [1.82, 2.24) is 20.0 Å². The van der Waals surface area contributed by atoms with E-state index in [2.05, 4.69) is 45.1 Å². The summed E-state index contributed by atoms with van der Waals surface area (Å²) in [4.78, 5) is 19.0. The third-order valence-electron chi connectivity index (χ3n) is 5.14. The standard InChI is InChI=1S/C19H23N5O/c1-2-22-11-13-23(14-12-22)19(25)16-7-8-18(21-20-16)24-10-9-15-5-3-4-6-17(15)24/h3-8H,2,9-14H2,1H3. The molecule has 0 bridgehead atoms. The van der Waals surface area contributed by atoms with Crippen molar-refractivity contribution < 1.29 is 4.79 Å². The van der Waals surface area contributed by atoms with Gasteiger partial charge in [0.05, 0.1) is 0 Å². The van der Waals surface area contributed by atoms with Gasteiger partial charge in [-0.2, -0.15) is 0 Å². The average molecular weight is 337 g/mol. The summed E-state index contributed by atoms with van der Waals surface area (Å²) in [6.45, 7) is 7.47. The molecule has 1 fully saturated rings. The van der Waals surface area contributed by atoms with Crippen LogP contribution in [0.25, 0.3) is 0 Å². The fraction of sp³-hybridized carbons (Fsp3) is 0.421. The molecule has 2 aliphatic rings. The Morgan fingerprint density at radius 2 is 1.80 bits per heavy atom. The molecule has 25 heavy (non-hydrogen) atoms. The van der Waals surface area contributed by atoms with Crippen molar-refractivity contribution in [2.45, 2.75) is 13.3 Å². The maximum Gasteiger partial charge on any atom is 0.274 e. The number of amides is 1. The highest BCUT2D eigenvalue weighted by Gasteiger charge is 2.24. The number of carbonyl (C=O) groups excluding carboxylic acids is 1. The normalized spacial score (nSPS) is 17.6. The number of aromatic nitrogens is 2. The third-order valence-corrected chi connectivity index (χ3v) is 5.14. The van der Waals surface area contributed by atoms with Gasteiger partial charge in [0.1, 0.15) is 0 Å². The maximum atomic E-state index is 12.6. The molecule has 0 spiro atoms. The zero-order valence-corrected chi connectivity index (χ0v) is 14.6. The molecule has 2 aromatic rings. The molecule has 0 unspecified atom stereocenters. The van der Waals surface area contributed by atoms with E-state index in [-0.39, 0.29) is 5.91 Å². The van der Waals surface area contributed by atoms with Gasteiger partial charge in [0.15, 0.2) is 11.5 Å². The van der Waals surface area contributed by atoms with E-state index in [4.69, 9.17) is 0 Å². The molecule has 3 heterocycles. The first-order chi connectivity index (χ1) is 12.3. The molecule has 0 atom stereocenters. The van der Waals surface area contributed by atoms with Crippen LogP contribution in [-0.4, -0.2) is 65.2 Å². The van der Waals surface area contributed by atoms with Gasteiger partial charge >= 0.3 is 0 Å². The highest BCUT2D eigenvalue weighted by molar-refractivity contribution is 5.92. The average Bonchev–Trinajstić information content (AvgIpc) is 3.12. The van der Waals surface area contributed by atoms with E-state index in [0.29, 0.717) is 5.69 Å². The van der Waals surface area contributed by atoms with Crippen LogP contribution in [0, 0.1) is 0 Å². The van der Waals surface area contributed by atoms with Gasteiger partial charge < -0.3 is 14.7 Å². The van der Waals surface area contributed by atoms with E-state index < -0.39 is 0 Å². The third kappa shape index (κ3) is 3.09. The highest BCUT2D eigenvalue weighted by Crippen LogP contribution is 2.32. The number of hydrogen-bond acceptors (Lipinski definition) is 5. The number of benzene rings is 1. The second-order valence-corrected chi connectivity index (χ2v) is 6.53. The van der Waals surface area contributed by atoms with Crippen molar-refractivity contribution in [3.63, 3.8) is 0 Å². The maximum absolute atomic E-state index is 12.6. The molecule has 0 radical (unpaired) electrons. The van der Waals surface area contributed by atoms with Crippen LogP contribution in [0.4, 0.5) is 11.5 Å². The summed E-state index contributed by atoms with van der Waals surface area (Å²) < 4.78 is 0. The second kappa shape index (κ2) is 6.80. The summed E-state index contributed by atoms with van der Waals surface area (Å²) in [5.74, 6) is 0.786. The number of piperazine rings is 1. The van der Waals surface area contributed by atoms with Crippen LogP contribution in [0.1, 0.15) is 23.0 Å². The number of carbonyl (C=O) groups is 1. The Hall–Kier alpha value is -2.47. The lowest BCUT2D eigenvalue weighted by Gasteiger charge is -2.33. The van der Waals surface area contributed by atoms with E-state index >= 15 is 0 Å². The Balaban J connectivity index is 1.47. The largest absolute Gasteiger partial charge is 0.335 e. The van der Waals surface area contributed by atoms with E-state index in [9.17, 15) is 4.79 Å². The van der Waals surface area contributed by atoms with E-state index in [0.717, 1.165) is 51.5 Å². The number of anilines is 2. The smallest absolute Gasteiger partial charge is 0.274 e. The fourth-order valence-electron chi connectivity index (χ4n) is 3.59. The lowest BCUT2D eigenvalue weighted by molar-refractivity contribution is 0.0636. The molecule has 2 aliphatic heterocycles. The van der Waals surface area contributed by atoms with Crippen LogP contribution in [0.2, 0.25) is 0 Å². The van der Waals surface area contributed by atoms with Crippen molar-refractivity contribution in [2.75, 3.05) is 44.2 Å². The molecule has 0 N–H and O–H groups in total. The quantitative estimate of drug-likeness (QED) is 0.857. The molecular formula is C19H23N5O. The second-order valence-electron chi connectivity index (χ2n) is 6.53. The summed E-state index contributed by atoms with van der Waals surface area (Å²) in [5, 5.41) is 8.54. The summed E-state index contributed by atoms with van der Waals surface area (Å²) in [6.07, 6.45) is 1.01. The van der Waals surface area contributed by atoms with Crippen LogP contribution in [0.3, 0.4) is 0 Å². The van der Waals surface area contributed by atoms with Crippen molar-refractivity contribution >= 4 is 17.4 Å². The van der Waals surface area contributed by atoms with E-state index in [1.54, 1.807) is 6.07 Å². The van der Waals surface area contributed by atoms with Gasteiger partial charge in [-0.15, -0.1) is 10.2 Å². The molecule has 1 saturated heterocycles. The van der Waals surface area contributed by atoms with Crippen molar-refractivity contribution in [2.24, 2.45) is 0 Å². The lowest BCUT2D eigenvalue weighted by Crippen LogP contribution is -2.48. The molecule has 4 rings (SSSR count). The van der Waals surface area contributed by atoms with Gasteiger partial charge in [-0.3, -0.25) is 4.79 Å². The Morgan fingerprint density at radius 3 is 2.52 bits per heavy atom. The predicted molar refractivity (Wildman–Crippen MR) is 97.2 cm³/mol. The first-order valence-electron chi connectivity index (χ1n) is 8.97. The number of para-hydroxylation sites is 1. The molecule has 0 saturated carbocycles. The minimum Gasteiger partial charge on any atom is -0.335 e. The first-order valence-corrected chi connectivity index (χ1v) is 8.97. The summed E-state index contributed by atoms with van der Waals surface area (Å²) >= 11 is 0. The molecule has 130 valence electrons. The molecule has 1 aromatic carbocycles. The van der Waals surface area contributed by atoms with Gasteiger partial charge in [-0.25, -0.2) is 0 Å². The van der Waals surface area contributed by atoms with Gasteiger partial charge in [0.2, 0.25) is 0 Å². The van der Waals surface area contributed by atoms with Crippen LogP contribution in [0.5, 0.6) is 0 Å². The SMILES string of the molecule is CCN1CCN(C(=O)c2ccc(N3CCc4ccccc43)nn2)CC1. The monoisotopic (exact) mass is 337 g/mol. The number of likely N-dealkylation sites (N-methyl/N-ethyl adjacent to an activating group) is 1. The van der Waals surface area contributed by atoms with Crippen molar-refractivity contribution in [1.29, 1.82) is 0 Å². The molecule has 1 aromatic heterocycles. The van der Waals surface area contributed by atoms with Crippen LogP contribution in [-0.2, 0) is 6.42 Å². The number of nitrogens with zero attached hydrogens (tertiary/aromatic N) is 5. The Kier molecular flexibility index (Phi) is 4.36. The minimum absolute atomic E-state index is 0.0170. The Morgan fingerprint density at radius 1 is 1.00 bits per heavy atom. The Labute approximate surface area is 148 Å². The molecule has 1 amide bonds.